The van der Waals surface area contributed by atoms with Gasteiger partial charge in [-0.15, -0.1) is 0 Å². The van der Waals surface area contributed by atoms with E-state index >= 15 is 0 Å². The van der Waals surface area contributed by atoms with Crippen molar-refractivity contribution < 1.29 is 14.4 Å². The van der Waals surface area contributed by atoms with E-state index in [0.717, 1.165) is 43.6 Å². The Morgan fingerprint density at radius 2 is 1.82 bits per heavy atom. The summed E-state index contributed by atoms with van der Waals surface area (Å²) in [6.07, 6.45) is 1.10. The summed E-state index contributed by atoms with van der Waals surface area (Å²) in [6, 6.07) is 0. The maximum atomic E-state index is 10.5. The third-order valence-electron chi connectivity index (χ3n) is 3.86. The SMILES string of the molecule is CC(C)(C)N1CC[N+](C)(CCCC(=O)O)CC1. The summed E-state index contributed by atoms with van der Waals surface area (Å²) in [4.78, 5) is 13.0. The van der Waals surface area contributed by atoms with E-state index in [2.05, 4.69) is 32.7 Å². The van der Waals surface area contributed by atoms with Crippen molar-refractivity contribution in [2.75, 3.05) is 39.8 Å². The van der Waals surface area contributed by atoms with Crippen LogP contribution in [-0.2, 0) is 4.79 Å². The summed E-state index contributed by atoms with van der Waals surface area (Å²) in [5, 5.41) is 8.66. The minimum absolute atomic E-state index is 0.256. The zero-order valence-corrected chi connectivity index (χ0v) is 11.7. The number of likely N-dealkylation sites (N-methyl/N-ethyl adjacent to an activating group) is 1. The fraction of sp³-hybridized carbons (Fsp3) is 0.923. The van der Waals surface area contributed by atoms with Crippen molar-refractivity contribution in [3.05, 3.63) is 0 Å². The predicted octanol–water partition coefficient (Wildman–Crippen LogP) is 1.41. The highest BCUT2D eigenvalue weighted by Crippen LogP contribution is 2.19. The first-order valence-corrected chi connectivity index (χ1v) is 6.53. The molecule has 4 heteroatoms. The van der Waals surface area contributed by atoms with Crippen LogP contribution in [0.2, 0.25) is 0 Å². The van der Waals surface area contributed by atoms with Gasteiger partial charge in [0.2, 0.25) is 0 Å². The molecular weight excluding hydrogens is 216 g/mol. The molecule has 0 unspecified atom stereocenters. The molecule has 0 spiro atoms. The molecule has 1 N–H and O–H groups in total. The van der Waals surface area contributed by atoms with Crippen molar-refractivity contribution in [2.45, 2.75) is 39.2 Å². The first kappa shape index (κ1) is 14.5. The third kappa shape index (κ3) is 4.64. The molecule has 17 heavy (non-hydrogen) atoms. The number of piperazine rings is 1. The molecule has 1 rings (SSSR count). The van der Waals surface area contributed by atoms with Gasteiger partial charge in [0.1, 0.15) is 0 Å². The zero-order valence-electron chi connectivity index (χ0n) is 11.7. The van der Waals surface area contributed by atoms with Crippen molar-refractivity contribution in [2.24, 2.45) is 0 Å². The first-order valence-electron chi connectivity index (χ1n) is 6.53. The second kappa shape index (κ2) is 5.36. The van der Waals surface area contributed by atoms with Crippen molar-refractivity contribution in [3.8, 4) is 0 Å². The molecule has 0 aromatic rings. The maximum Gasteiger partial charge on any atom is 0.303 e. The van der Waals surface area contributed by atoms with E-state index in [1.54, 1.807) is 0 Å². The number of carbonyl (C=O) groups is 1. The van der Waals surface area contributed by atoms with Crippen molar-refractivity contribution in [1.29, 1.82) is 0 Å². The van der Waals surface area contributed by atoms with Gasteiger partial charge in [0, 0.05) is 25.0 Å². The van der Waals surface area contributed by atoms with Crippen LogP contribution in [0.25, 0.3) is 0 Å². The topological polar surface area (TPSA) is 40.5 Å². The van der Waals surface area contributed by atoms with E-state index in [1.807, 2.05) is 0 Å². The van der Waals surface area contributed by atoms with E-state index in [4.69, 9.17) is 5.11 Å². The highest BCUT2D eigenvalue weighted by atomic mass is 16.4. The minimum Gasteiger partial charge on any atom is -0.481 e. The van der Waals surface area contributed by atoms with Crippen LogP contribution in [0.1, 0.15) is 33.6 Å². The minimum atomic E-state index is -0.676. The number of hydrogen-bond acceptors (Lipinski definition) is 2. The van der Waals surface area contributed by atoms with Crippen LogP contribution < -0.4 is 0 Å². The quantitative estimate of drug-likeness (QED) is 0.759. The number of carboxylic acids is 1. The van der Waals surface area contributed by atoms with Gasteiger partial charge < -0.3 is 9.59 Å². The number of quaternary nitrogens is 1. The second-order valence-corrected chi connectivity index (χ2v) is 6.45. The Morgan fingerprint density at radius 3 is 2.24 bits per heavy atom. The van der Waals surface area contributed by atoms with Crippen molar-refractivity contribution in [1.82, 2.24) is 4.90 Å². The molecule has 0 aromatic carbocycles. The van der Waals surface area contributed by atoms with Crippen LogP contribution in [0.15, 0.2) is 0 Å². The van der Waals surface area contributed by atoms with Crippen LogP contribution in [0.4, 0.5) is 0 Å². The van der Waals surface area contributed by atoms with Crippen LogP contribution >= 0.6 is 0 Å². The zero-order chi connectivity index (χ0) is 13.1. The third-order valence-corrected chi connectivity index (χ3v) is 3.86. The Balaban J connectivity index is 2.36. The number of rotatable bonds is 4. The Labute approximate surface area is 105 Å². The van der Waals surface area contributed by atoms with Gasteiger partial charge >= 0.3 is 5.97 Å². The van der Waals surface area contributed by atoms with Crippen molar-refractivity contribution >= 4 is 5.97 Å². The molecule has 1 fully saturated rings. The normalized spacial score (nSPS) is 21.4. The molecule has 1 heterocycles. The summed E-state index contributed by atoms with van der Waals surface area (Å²) >= 11 is 0. The van der Waals surface area contributed by atoms with E-state index < -0.39 is 5.97 Å². The van der Waals surface area contributed by atoms with Gasteiger partial charge in [0.25, 0.3) is 0 Å². The summed E-state index contributed by atoms with van der Waals surface area (Å²) in [7, 11) is 2.25. The lowest BCUT2D eigenvalue weighted by Gasteiger charge is -2.46. The van der Waals surface area contributed by atoms with Gasteiger partial charge in [-0.05, 0) is 20.8 Å². The fourth-order valence-electron chi connectivity index (χ4n) is 2.45. The Hall–Kier alpha value is -0.610. The van der Waals surface area contributed by atoms with Gasteiger partial charge in [0.05, 0.1) is 33.1 Å². The molecule has 4 nitrogen and oxygen atoms in total. The lowest BCUT2D eigenvalue weighted by atomic mass is 10.0. The monoisotopic (exact) mass is 243 g/mol. The van der Waals surface area contributed by atoms with Crippen LogP contribution in [0.5, 0.6) is 0 Å². The Bertz CT molecular complexity index is 263. The van der Waals surface area contributed by atoms with Gasteiger partial charge in [-0.2, -0.15) is 0 Å². The van der Waals surface area contributed by atoms with Gasteiger partial charge in [-0.3, -0.25) is 9.69 Å². The summed E-state index contributed by atoms with van der Waals surface area (Å²) in [6.45, 7) is 12.3. The summed E-state index contributed by atoms with van der Waals surface area (Å²) in [5.41, 5.74) is 0.256. The van der Waals surface area contributed by atoms with E-state index in [0.29, 0.717) is 6.42 Å². The van der Waals surface area contributed by atoms with E-state index in [-0.39, 0.29) is 5.54 Å². The molecule has 0 atom stereocenters. The highest BCUT2D eigenvalue weighted by molar-refractivity contribution is 5.66. The smallest absolute Gasteiger partial charge is 0.303 e. The number of hydrogen-bond donors (Lipinski definition) is 1. The number of aliphatic carboxylic acids is 1. The predicted molar refractivity (Wildman–Crippen MR) is 69.0 cm³/mol. The molecular formula is C13H27N2O2+. The maximum absolute atomic E-state index is 10.5. The van der Waals surface area contributed by atoms with E-state index in [9.17, 15) is 4.79 Å². The molecule has 0 amide bonds. The Morgan fingerprint density at radius 1 is 1.29 bits per heavy atom. The van der Waals surface area contributed by atoms with Gasteiger partial charge in [0.15, 0.2) is 0 Å². The second-order valence-electron chi connectivity index (χ2n) is 6.45. The molecule has 0 bridgehead atoms. The number of nitrogens with zero attached hydrogens (tertiary/aromatic N) is 2. The van der Waals surface area contributed by atoms with Gasteiger partial charge in [-0.25, -0.2) is 0 Å². The first-order chi connectivity index (χ1) is 7.73. The number of carboxylic acid groups (broad SMARTS) is 1. The lowest BCUT2D eigenvalue weighted by molar-refractivity contribution is -0.914. The molecule has 100 valence electrons. The highest BCUT2D eigenvalue weighted by Gasteiger charge is 2.32. The summed E-state index contributed by atoms with van der Waals surface area (Å²) in [5.74, 6) is -0.676. The molecule has 0 aliphatic carbocycles. The molecule has 0 aromatic heterocycles. The standard InChI is InChI=1S/C13H26N2O2/c1-13(2,3)14-7-10-15(4,11-8-14)9-5-6-12(16)17/h5-11H2,1-4H3/p+1. The molecule has 1 aliphatic rings. The average Bonchev–Trinajstić information content (AvgIpc) is 2.15. The average molecular weight is 243 g/mol. The van der Waals surface area contributed by atoms with Crippen LogP contribution in [0, 0.1) is 0 Å². The molecule has 1 saturated heterocycles. The molecule has 0 radical (unpaired) electrons. The van der Waals surface area contributed by atoms with E-state index in [1.165, 1.54) is 0 Å². The molecule has 1 aliphatic heterocycles. The Kier molecular flexibility index (Phi) is 4.55. The largest absolute Gasteiger partial charge is 0.481 e. The van der Waals surface area contributed by atoms with Gasteiger partial charge in [-0.1, -0.05) is 0 Å². The molecule has 0 saturated carbocycles. The fourth-order valence-corrected chi connectivity index (χ4v) is 2.45. The van der Waals surface area contributed by atoms with Crippen LogP contribution in [-0.4, -0.2) is 65.8 Å². The summed E-state index contributed by atoms with van der Waals surface area (Å²) < 4.78 is 1.03. The van der Waals surface area contributed by atoms with Crippen LogP contribution in [0.3, 0.4) is 0 Å². The lowest BCUT2D eigenvalue weighted by Crippen LogP contribution is -2.61. The van der Waals surface area contributed by atoms with Crippen molar-refractivity contribution in [3.63, 3.8) is 0 Å².